The number of piperidine rings is 1. The minimum Gasteiger partial charge on any atom is -0.368 e. The Kier molecular flexibility index (Phi) is 5.11. The summed E-state index contributed by atoms with van der Waals surface area (Å²) in [5.41, 5.74) is 4.26. The van der Waals surface area contributed by atoms with E-state index in [0.29, 0.717) is 0 Å². The van der Waals surface area contributed by atoms with Gasteiger partial charge in [0.2, 0.25) is 0 Å². The number of alkyl halides is 1. The van der Waals surface area contributed by atoms with E-state index in [-0.39, 0.29) is 0 Å². The molecule has 2 rings (SSSR count). The fraction of sp³-hybridized carbons (Fsp3) is 0.625. The summed E-state index contributed by atoms with van der Waals surface area (Å²) in [5, 5.41) is 0.958. The molecule has 1 atom stereocenters. The van der Waals surface area contributed by atoms with Gasteiger partial charge in [0.1, 0.15) is 0 Å². The number of halogens is 1. The van der Waals surface area contributed by atoms with Crippen molar-refractivity contribution in [2.45, 2.75) is 57.3 Å². The number of benzene rings is 1. The van der Waals surface area contributed by atoms with Gasteiger partial charge in [0, 0.05) is 23.6 Å². The average molecular weight is 310 g/mol. The van der Waals surface area contributed by atoms with Gasteiger partial charge in [0.15, 0.2) is 0 Å². The number of hydrogen-bond donors (Lipinski definition) is 0. The van der Waals surface area contributed by atoms with Crippen LogP contribution in [0.1, 0.15) is 50.2 Å². The van der Waals surface area contributed by atoms with Crippen molar-refractivity contribution in [2.75, 3.05) is 11.4 Å². The lowest BCUT2D eigenvalue weighted by molar-refractivity contribution is 0.434. The van der Waals surface area contributed by atoms with Crippen molar-refractivity contribution >= 4 is 21.6 Å². The Morgan fingerprint density at radius 2 is 2.17 bits per heavy atom. The second-order valence-corrected chi connectivity index (χ2v) is 5.96. The first-order valence-electron chi connectivity index (χ1n) is 7.18. The molecule has 0 spiro atoms. The number of hydrogen-bond acceptors (Lipinski definition) is 1. The van der Waals surface area contributed by atoms with E-state index in [1.54, 1.807) is 0 Å². The van der Waals surface area contributed by atoms with Crippen LogP contribution in [-0.2, 0) is 5.33 Å². The first kappa shape index (κ1) is 13.9. The van der Waals surface area contributed by atoms with Crippen molar-refractivity contribution in [3.8, 4) is 0 Å². The van der Waals surface area contributed by atoms with Crippen LogP contribution in [0, 0.1) is 6.92 Å². The van der Waals surface area contributed by atoms with Crippen molar-refractivity contribution in [3.63, 3.8) is 0 Å². The molecule has 1 fully saturated rings. The molecular weight excluding hydrogens is 286 g/mol. The monoisotopic (exact) mass is 309 g/mol. The molecule has 1 nitrogen and oxygen atoms in total. The Morgan fingerprint density at radius 1 is 1.33 bits per heavy atom. The number of rotatable bonds is 4. The lowest BCUT2D eigenvalue weighted by Crippen LogP contribution is -2.40. The summed E-state index contributed by atoms with van der Waals surface area (Å²) in [6.07, 6.45) is 6.72. The molecule has 0 bridgehead atoms. The SMILES string of the molecule is CCCC1CCCCN1c1ccc(C)cc1CBr. The maximum atomic E-state index is 3.64. The van der Waals surface area contributed by atoms with Gasteiger partial charge in [-0.3, -0.25) is 0 Å². The van der Waals surface area contributed by atoms with Gasteiger partial charge in [-0.1, -0.05) is 47.0 Å². The van der Waals surface area contributed by atoms with Gasteiger partial charge < -0.3 is 4.90 Å². The van der Waals surface area contributed by atoms with Gasteiger partial charge in [-0.15, -0.1) is 0 Å². The topological polar surface area (TPSA) is 3.24 Å². The summed E-state index contributed by atoms with van der Waals surface area (Å²) in [6, 6.07) is 7.64. The van der Waals surface area contributed by atoms with Crippen molar-refractivity contribution in [1.29, 1.82) is 0 Å². The van der Waals surface area contributed by atoms with Crippen LogP contribution in [0.4, 0.5) is 5.69 Å². The third-order valence-electron chi connectivity index (χ3n) is 3.94. The van der Waals surface area contributed by atoms with Crippen LogP contribution in [-0.4, -0.2) is 12.6 Å². The van der Waals surface area contributed by atoms with Gasteiger partial charge in [0.05, 0.1) is 0 Å². The molecule has 0 saturated carbocycles. The fourth-order valence-electron chi connectivity index (χ4n) is 3.05. The lowest BCUT2D eigenvalue weighted by Gasteiger charge is -2.38. The zero-order valence-corrected chi connectivity index (χ0v) is 13.2. The van der Waals surface area contributed by atoms with Crippen LogP contribution in [0.2, 0.25) is 0 Å². The van der Waals surface area contributed by atoms with Crippen molar-refractivity contribution in [2.24, 2.45) is 0 Å². The lowest BCUT2D eigenvalue weighted by atomic mass is 9.96. The van der Waals surface area contributed by atoms with Crippen LogP contribution < -0.4 is 4.90 Å². The van der Waals surface area contributed by atoms with E-state index in [9.17, 15) is 0 Å². The van der Waals surface area contributed by atoms with E-state index in [1.807, 2.05) is 0 Å². The van der Waals surface area contributed by atoms with Crippen LogP contribution in [0.3, 0.4) is 0 Å². The molecule has 0 aromatic heterocycles. The van der Waals surface area contributed by atoms with Crippen molar-refractivity contribution < 1.29 is 0 Å². The number of aryl methyl sites for hydroxylation is 1. The minimum atomic E-state index is 0.754. The summed E-state index contributed by atoms with van der Waals surface area (Å²) >= 11 is 3.64. The highest BCUT2D eigenvalue weighted by Gasteiger charge is 2.23. The Hall–Kier alpha value is -0.500. The summed E-state index contributed by atoms with van der Waals surface area (Å²) < 4.78 is 0. The number of nitrogens with zero attached hydrogens (tertiary/aromatic N) is 1. The van der Waals surface area contributed by atoms with Gasteiger partial charge in [-0.25, -0.2) is 0 Å². The second kappa shape index (κ2) is 6.60. The van der Waals surface area contributed by atoms with E-state index in [4.69, 9.17) is 0 Å². The fourth-order valence-corrected chi connectivity index (χ4v) is 3.50. The average Bonchev–Trinajstić information content (AvgIpc) is 2.40. The number of anilines is 1. The maximum absolute atomic E-state index is 3.64. The Morgan fingerprint density at radius 3 is 2.89 bits per heavy atom. The highest BCUT2D eigenvalue weighted by atomic mass is 79.9. The first-order chi connectivity index (χ1) is 8.76. The minimum absolute atomic E-state index is 0.754. The van der Waals surface area contributed by atoms with Crippen LogP contribution >= 0.6 is 15.9 Å². The van der Waals surface area contributed by atoms with Crippen LogP contribution in [0.15, 0.2) is 18.2 Å². The predicted octanol–water partition coefficient (Wildman–Crippen LogP) is 5.05. The third kappa shape index (κ3) is 3.09. The van der Waals surface area contributed by atoms with E-state index in [0.717, 1.165) is 11.4 Å². The van der Waals surface area contributed by atoms with Crippen LogP contribution in [0.5, 0.6) is 0 Å². The molecule has 1 heterocycles. The molecule has 100 valence electrons. The van der Waals surface area contributed by atoms with Gasteiger partial charge in [-0.05, 0) is 44.2 Å². The molecule has 1 aliphatic rings. The predicted molar refractivity (Wildman–Crippen MR) is 83.7 cm³/mol. The molecule has 1 saturated heterocycles. The normalized spacial score (nSPS) is 20.2. The molecule has 18 heavy (non-hydrogen) atoms. The zero-order chi connectivity index (χ0) is 13.0. The summed E-state index contributed by atoms with van der Waals surface area (Å²) in [5.74, 6) is 0. The molecule has 0 aliphatic carbocycles. The molecule has 2 heteroatoms. The molecule has 1 unspecified atom stereocenters. The Labute approximate surface area is 120 Å². The second-order valence-electron chi connectivity index (χ2n) is 5.40. The zero-order valence-electron chi connectivity index (χ0n) is 11.6. The van der Waals surface area contributed by atoms with Gasteiger partial charge >= 0.3 is 0 Å². The van der Waals surface area contributed by atoms with E-state index in [1.165, 1.54) is 55.5 Å². The quantitative estimate of drug-likeness (QED) is 0.704. The van der Waals surface area contributed by atoms with E-state index in [2.05, 4.69) is 52.9 Å². The molecule has 0 amide bonds. The van der Waals surface area contributed by atoms with Gasteiger partial charge in [0.25, 0.3) is 0 Å². The van der Waals surface area contributed by atoms with E-state index < -0.39 is 0 Å². The van der Waals surface area contributed by atoms with Crippen molar-refractivity contribution in [3.05, 3.63) is 29.3 Å². The Bertz CT molecular complexity index is 387. The molecule has 1 aliphatic heterocycles. The van der Waals surface area contributed by atoms with Crippen LogP contribution in [0.25, 0.3) is 0 Å². The highest BCUT2D eigenvalue weighted by molar-refractivity contribution is 9.08. The summed E-state index contributed by atoms with van der Waals surface area (Å²) in [7, 11) is 0. The Balaban J connectivity index is 2.27. The van der Waals surface area contributed by atoms with E-state index >= 15 is 0 Å². The largest absolute Gasteiger partial charge is 0.368 e. The highest BCUT2D eigenvalue weighted by Crippen LogP contribution is 2.31. The van der Waals surface area contributed by atoms with Gasteiger partial charge in [-0.2, -0.15) is 0 Å². The molecule has 0 N–H and O–H groups in total. The first-order valence-corrected chi connectivity index (χ1v) is 8.30. The summed E-state index contributed by atoms with van der Waals surface area (Å²) in [6.45, 7) is 5.71. The maximum Gasteiger partial charge on any atom is 0.0410 e. The molecule has 0 radical (unpaired) electrons. The molecule has 1 aromatic rings. The van der Waals surface area contributed by atoms with Crippen molar-refractivity contribution in [1.82, 2.24) is 0 Å². The standard InChI is InChI=1S/C16H24BrN/c1-3-6-15-7-4-5-10-18(15)16-9-8-13(2)11-14(16)12-17/h8-9,11,15H,3-7,10,12H2,1-2H3. The smallest absolute Gasteiger partial charge is 0.0410 e. The summed E-state index contributed by atoms with van der Waals surface area (Å²) in [4.78, 5) is 2.66. The third-order valence-corrected chi connectivity index (χ3v) is 4.54. The molecule has 1 aromatic carbocycles. The molecular formula is C16H24BrN.